The van der Waals surface area contributed by atoms with E-state index in [1.165, 1.54) is 19.1 Å². The Labute approximate surface area is 94.3 Å². The summed E-state index contributed by atoms with van der Waals surface area (Å²) in [4.78, 5) is 0. The minimum absolute atomic E-state index is 0.188. The molecule has 0 atom stereocenters. The van der Waals surface area contributed by atoms with Gasteiger partial charge in [0, 0.05) is 0 Å². The maximum Gasteiger partial charge on any atom is 0.572 e. The van der Waals surface area contributed by atoms with E-state index in [0.717, 1.165) is 24.8 Å². The summed E-state index contributed by atoms with van der Waals surface area (Å²) in [5, 5.41) is 0. The largest absolute Gasteiger partial charge is 0.572 e. The van der Waals surface area contributed by atoms with Crippen LogP contribution in [0, 0.1) is 0 Å². The van der Waals surface area contributed by atoms with Gasteiger partial charge in [0.05, 0.1) is 0 Å². The van der Waals surface area contributed by atoms with Crippen LogP contribution in [0.3, 0.4) is 0 Å². The number of alkyl halides is 3. The highest BCUT2D eigenvalue weighted by atomic mass is 19.4. The predicted octanol–water partition coefficient (Wildman–Crippen LogP) is 4.73. The first-order valence-corrected chi connectivity index (χ1v) is 5.13. The molecule has 0 spiro atoms. The lowest BCUT2D eigenvalue weighted by Crippen LogP contribution is -2.11. The van der Waals surface area contributed by atoms with Crippen molar-refractivity contribution in [2.75, 3.05) is 0 Å². The van der Waals surface area contributed by atoms with Crippen LogP contribution in [0.2, 0.25) is 0 Å². The topological polar surface area (TPSA) is 9.23 Å². The Morgan fingerprint density at radius 2 is 2.00 bits per heavy atom. The number of rotatable bonds is 6. The zero-order chi connectivity index (χ0) is 12.6. The molecule has 0 saturated heterocycles. The molecule has 0 aromatic heterocycles. The summed E-state index contributed by atoms with van der Waals surface area (Å²) in [5.41, 5.74) is 0.901. The Balaban J connectivity index is 4.05. The van der Waals surface area contributed by atoms with E-state index in [1.54, 1.807) is 6.08 Å². The summed E-state index contributed by atoms with van der Waals surface area (Å²) < 4.78 is 38.9. The van der Waals surface area contributed by atoms with Crippen molar-refractivity contribution in [1.82, 2.24) is 0 Å². The van der Waals surface area contributed by atoms with Crippen LogP contribution in [-0.4, -0.2) is 6.36 Å². The van der Waals surface area contributed by atoms with E-state index < -0.39 is 6.36 Å². The molecule has 0 unspecified atom stereocenters. The molecule has 0 saturated carbocycles. The van der Waals surface area contributed by atoms with Crippen LogP contribution in [0.4, 0.5) is 13.2 Å². The van der Waals surface area contributed by atoms with E-state index >= 15 is 0 Å². The maximum atomic E-state index is 11.8. The molecule has 0 aromatic rings. The van der Waals surface area contributed by atoms with E-state index in [0.29, 0.717) is 0 Å². The van der Waals surface area contributed by atoms with Crippen molar-refractivity contribution in [3.05, 3.63) is 36.1 Å². The molecule has 0 amide bonds. The van der Waals surface area contributed by atoms with Crippen LogP contribution in [0.25, 0.3) is 0 Å². The lowest BCUT2D eigenvalue weighted by Gasteiger charge is -2.07. The van der Waals surface area contributed by atoms with Crippen LogP contribution in [0.15, 0.2) is 36.1 Å². The van der Waals surface area contributed by atoms with Crippen molar-refractivity contribution >= 4 is 0 Å². The molecule has 1 nitrogen and oxygen atoms in total. The van der Waals surface area contributed by atoms with Crippen LogP contribution < -0.4 is 0 Å². The standard InChI is InChI=1S/C12H17F3O/c1-4-5-7-10(2)8-6-9-11(3)16-12(13,14)15/h6,8-9H,2,4-5,7H2,1,3H3/b8-6-,11-9+. The van der Waals surface area contributed by atoms with Crippen molar-refractivity contribution in [3.8, 4) is 0 Å². The van der Waals surface area contributed by atoms with E-state index in [-0.39, 0.29) is 5.76 Å². The molecule has 0 aliphatic heterocycles. The van der Waals surface area contributed by atoms with Gasteiger partial charge in [-0.1, -0.05) is 37.6 Å². The average Bonchev–Trinajstić information content (AvgIpc) is 2.11. The van der Waals surface area contributed by atoms with Gasteiger partial charge in [0.15, 0.2) is 0 Å². The summed E-state index contributed by atoms with van der Waals surface area (Å²) >= 11 is 0. The van der Waals surface area contributed by atoms with Crippen LogP contribution in [0.5, 0.6) is 0 Å². The molecule has 0 bridgehead atoms. The third-order valence-electron chi connectivity index (χ3n) is 1.79. The first-order chi connectivity index (χ1) is 7.35. The number of unbranched alkanes of at least 4 members (excludes halogenated alkanes) is 1. The molecule has 92 valence electrons. The molecule has 0 aromatic carbocycles. The first kappa shape index (κ1) is 14.8. The molecule has 16 heavy (non-hydrogen) atoms. The number of hydrogen-bond donors (Lipinski definition) is 0. The lowest BCUT2D eigenvalue weighted by molar-refractivity contribution is -0.305. The molecule has 0 rings (SSSR count). The Bertz CT molecular complexity index is 274. The van der Waals surface area contributed by atoms with Crippen LogP contribution in [-0.2, 0) is 4.74 Å². The van der Waals surface area contributed by atoms with Crippen molar-refractivity contribution in [1.29, 1.82) is 0 Å². The van der Waals surface area contributed by atoms with Crippen molar-refractivity contribution in [3.63, 3.8) is 0 Å². The monoisotopic (exact) mass is 234 g/mol. The van der Waals surface area contributed by atoms with Gasteiger partial charge < -0.3 is 4.74 Å². The number of halogens is 3. The van der Waals surface area contributed by atoms with Gasteiger partial charge in [-0.25, -0.2) is 0 Å². The van der Waals surface area contributed by atoms with E-state index in [4.69, 9.17) is 0 Å². The van der Waals surface area contributed by atoms with E-state index in [2.05, 4.69) is 18.2 Å². The fourth-order valence-corrected chi connectivity index (χ4v) is 1.02. The minimum Gasteiger partial charge on any atom is -0.411 e. The smallest absolute Gasteiger partial charge is 0.411 e. The highest BCUT2D eigenvalue weighted by Gasteiger charge is 2.30. The molecule has 0 fully saturated rings. The third-order valence-corrected chi connectivity index (χ3v) is 1.79. The Morgan fingerprint density at radius 1 is 1.38 bits per heavy atom. The summed E-state index contributed by atoms with van der Waals surface area (Å²) in [7, 11) is 0. The molecule has 0 radical (unpaired) electrons. The summed E-state index contributed by atoms with van der Waals surface area (Å²) in [6.45, 7) is 7.11. The normalized spacial score (nSPS) is 13.2. The fraction of sp³-hybridized carbons (Fsp3) is 0.500. The lowest BCUT2D eigenvalue weighted by atomic mass is 10.1. The van der Waals surface area contributed by atoms with Crippen molar-refractivity contribution in [2.45, 2.75) is 39.5 Å². The molecular formula is C12H17F3O. The molecule has 0 aliphatic rings. The number of allylic oxidation sites excluding steroid dienone is 5. The number of hydrogen-bond acceptors (Lipinski definition) is 1. The van der Waals surface area contributed by atoms with Gasteiger partial charge in [-0.05, 0) is 25.8 Å². The second-order valence-corrected chi connectivity index (χ2v) is 3.45. The molecular weight excluding hydrogens is 217 g/mol. The highest BCUT2D eigenvalue weighted by Crippen LogP contribution is 2.20. The Morgan fingerprint density at radius 3 is 2.50 bits per heavy atom. The second kappa shape index (κ2) is 7.14. The zero-order valence-electron chi connectivity index (χ0n) is 9.60. The fourth-order valence-electron chi connectivity index (χ4n) is 1.02. The predicted molar refractivity (Wildman–Crippen MR) is 58.7 cm³/mol. The SMILES string of the molecule is C=C(/C=C\C=C(/C)OC(F)(F)F)CCCC. The van der Waals surface area contributed by atoms with Crippen LogP contribution in [0.1, 0.15) is 33.1 Å². The van der Waals surface area contributed by atoms with E-state index in [9.17, 15) is 13.2 Å². The average molecular weight is 234 g/mol. The zero-order valence-corrected chi connectivity index (χ0v) is 9.60. The molecule has 0 aliphatic carbocycles. The Hall–Kier alpha value is -1.19. The van der Waals surface area contributed by atoms with Gasteiger partial charge in [-0.15, -0.1) is 13.2 Å². The second-order valence-electron chi connectivity index (χ2n) is 3.45. The van der Waals surface area contributed by atoms with Gasteiger partial charge in [0.2, 0.25) is 0 Å². The first-order valence-electron chi connectivity index (χ1n) is 5.13. The molecule has 0 heterocycles. The third kappa shape index (κ3) is 9.37. The quantitative estimate of drug-likeness (QED) is 0.477. The van der Waals surface area contributed by atoms with E-state index in [1.807, 2.05) is 0 Å². The summed E-state index contributed by atoms with van der Waals surface area (Å²) in [6.07, 6.45) is 2.82. The Kier molecular flexibility index (Phi) is 6.61. The van der Waals surface area contributed by atoms with Gasteiger partial charge in [-0.2, -0.15) is 0 Å². The summed E-state index contributed by atoms with van der Waals surface area (Å²) in [5.74, 6) is -0.188. The molecule has 4 heteroatoms. The number of ether oxygens (including phenoxy) is 1. The van der Waals surface area contributed by atoms with Crippen LogP contribution >= 0.6 is 0 Å². The van der Waals surface area contributed by atoms with Gasteiger partial charge in [0.1, 0.15) is 5.76 Å². The van der Waals surface area contributed by atoms with Gasteiger partial charge >= 0.3 is 6.36 Å². The van der Waals surface area contributed by atoms with Gasteiger partial charge in [-0.3, -0.25) is 0 Å². The van der Waals surface area contributed by atoms with Crippen molar-refractivity contribution in [2.24, 2.45) is 0 Å². The minimum atomic E-state index is -4.62. The van der Waals surface area contributed by atoms with Gasteiger partial charge in [0.25, 0.3) is 0 Å². The highest BCUT2D eigenvalue weighted by molar-refractivity contribution is 5.19. The van der Waals surface area contributed by atoms with Crippen molar-refractivity contribution < 1.29 is 17.9 Å². The summed E-state index contributed by atoms with van der Waals surface area (Å²) in [6, 6.07) is 0. The molecule has 0 N–H and O–H groups in total. The maximum absolute atomic E-state index is 11.8.